The van der Waals surface area contributed by atoms with E-state index in [-0.39, 0.29) is 23.9 Å². The van der Waals surface area contributed by atoms with Gasteiger partial charge < -0.3 is 9.97 Å². The second-order valence-electron chi connectivity index (χ2n) is 13.5. The SMILES string of the molecule is C[n+]1ccc(-c2c3nc(c(-c4cc[n+](C)cc4)c4ccc([nH]4)c(-c4cc[n+](C)cc4)c4ccc([nH]4)c(-c4cc[n+](C)cc4)c4nc2C=C4)C=C3)cc1.[Sn+4]. The molecule has 53 heavy (non-hydrogen) atoms. The number of aromatic amines is 2. The van der Waals surface area contributed by atoms with Crippen LogP contribution in [0.5, 0.6) is 0 Å². The van der Waals surface area contributed by atoms with E-state index in [4.69, 9.17) is 9.97 Å². The van der Waals surface area contributed by atoms with E-state index < -0.39 is 0 Å². The fourth-order valence-electron chi connectivity index (χ4n) is 7.09. The minimum atomic E-state index is 0. The molecule has 0 saturated carbocycles. The van der Waals surface area contributed by atoms with Crippen molar-refractivity contribution in [1.82, 2.24) is 19.9 Å². The number of H-pyrrole nitrogens is 2. The average molecular weight is 798 g/mol. The van der Waals surface area contributed by atoms with Crippen molar-refractivity contribution in [2.45, 2.75) is 0 Å². The van der Waals surface area contributed by atoms with E-state index in [1.165, 1.54) is 0 Å². The normalized spacial score (nSPS) is 11.8. The Hall–Kier alpha value is -6.00. The van der Waals surface area contributed by atoms with Gasteiger partial charge in [0.25, 0.3) is 0 Å². The predicted molar refractivity (Wildman–Crippen MR) is 211 cm³/mol. The maximum atomic E-state index is 5.38. The molecule has 2 aliphatic heterocycles. The second kappa shape index (κ2) is 13.9. The van der Waals surface area contributed by atoms with Crippen LogP contribution >= 0.6 is 0 Å². The number of pyridine rings is 4. The topological polar surface area (TPSA) is 72.9 Å². The molecule has 2 aliphatic rings. The number of aryl methyl sites for hydroxylation is 4. The molecule has 9 heteroatoms. The van der Waals surface area contributed by atoms with Gasteiger partial charge in [-0.15, -0.1) is 0 Å². The first-order valence-corrected chi connectivity index (χ1v) is 17.4. The molecule has 0 radical (unpaired) electrons. The quantitative estimate of drug-likeness (QED) is 0.164. The standard InChI is InChI=1S/C44H37N8.Sn/c1-49-21-13-29(14-22-49)41-33-5-7-35(45-33)42(30-15-23-50(2)24-16-30)37-9-11-39(47-37)44(32-19-27-52(4)28-20-32)40-12-10-38(48-40)43(36-8-6-34(41)46-36)31-17-25-51(3)26-18-31;/h5-28H,1-4H3,(H,45,46,47,48);/q+3;+4/p+1. The second-order valence-corrected chi connectivity index (χ2v) is 13.5. The Balaban J connectivity index is 0.00000400. The number of rotatable bonds is 4. The molecule has 9 rings (SSSR count). The first-order valence-electron chi connectivity index (χ1n) is 17.4. The van der Waals surface area contributed by atoms with Crippen LogP contribution in [-0.4, -0.2) is 43.8 Å². The van der Waals surface area contributed by atoms with E-state index >= 15 is 0 Å². The van der Waals surface area contributed by atoms with Crippen molar-refractivity contribution in [2.24, 2.45) is 28.2 Å². The third-order valence-electron chi connectivity index (χ3n) is 9.82. The van der Waals surface area contributed by atoms with Gasteiger partial charge in [0.1, 0.15) is 28.2 Å². The van der Waals surface area contributed by atoms with Crippen LogP contribution in [0.3, 0.4) is 0 Å². The molecule has 0 amide bonds. The first kappa shape index (κ1) is 34.1. The fourth-order valence-corrected chi connectivity index (χ4v) is 7.09. The largest absolute Gasteiger partial charge is 4.00 e. The Kier molecular flexibility index (Phi) is 8.91. The first-order chi connectivity index (χ1) is 25.4. The summed E-state index contributed by atoms with van der Waals surface area (Å²) in [6.07, 6.45) is 25.1. The van der Waals surface area contributed by atoms with Crippen molar-refractivity contribution in [2.75, 3.05) is 0 Å². The molecular weight excluding hydrogens is 759 g/mol. The number of nitrogens with zero attached hydrogens (tertiary/aromatic N) is 6. The number of fused-ring (bicyclic) bond motifs is 8. The summed E-state index contributed by atoms with van der Waals surface area (Å²) in [5.41, 5.74) is 15.9. The van der Waals surface area contributed by atoms with E-state index in [0.29, 0.717) is 0 Å². The maximum Gasteiger partial charge on any atom is 4.00 e. The summed E-state index contributed by atoms with van der Waals surface area (Å²) in [5, 5.41) is 0. The Morgan fingerprint density at radius 3 is 0.906 bits per heavy atom. The van der Waals surface area contributed by atoms with Crippen molar-refractivity contribution >= 4 is 70.3 Å². The van der Waals surface area contributed by atoms with Crippen LogP contribution in [0.15, 0.2) is 122 Å². The Bertz CT molecular complexity index is 2590. The number of hydrogen-bond acceptors (Lipinski definition) is 2. The van der Waals surface area contributed by atoms with Gasteiger partial charge in [-0.2, -0.15) is 0 Å². The maximum absolute atomic E-state index is 5.38. The van der Waals surface area contributed by atoms with Gasteiger partial charge in [-0.25, -0.2) is 28.2 Å². The summed E-state index contributed by atoms with van der Waals surface area (Å²) in [6, 6.07) is 25.9. The van der Waals surface area contributed by atoms with Crippen LogP contribution in [-0.2, 0) is 28.2 Å². The number of aromatic nitrogens is 8. The summed E-state index contributed by atoms with van der Waals surface area (Å²) in [4.78, 5) is 18.4. The van der Waals surface area contributed by atoms with Crippen LogP contribution < -0.4 is 18.3 Å². The smallest absolute Gasteiger partial charge is 0.354 e. The Morgan fingerprint density at radius 1 is 0.340 bits per heavy atom. The molecule has 0 saturated heterocycles. The van der Waals surface area contributed by atoms with Crippen LogP contribution in [0.1, 0.15) is 22.8 Å². The molecule has 9 heterocycles. The molecule has 0 fully saturated rings. The van der Waals surface area contributed by atoms with Crippen LogP contribution in [0.4, 0.5) is 0 Å². The molecule has 0 aromatic carbocycles. The average Bonchev–Trinajstić information content (AvgIpc) is 3.99. The fraction of sp³-hybridized carbons (Fsp3) is 0.0909. The van der Waals surface area contributed by atoms with Gasteiger partial charge in [0.2, 0.25) is 0 Å². The van der Waals surface area contributed by atoms with E-state index in [1.807, 2.05) is 41.9 Å². The molecule has 0 aliphatic carbocycles. The summed E-state index contributed by atoms with van der Waals surface area (Å²) < 4.78 is 8.20. The molecule has 0 unspecified atom stereocenters. The van der Waals surface area contributed by atoms with Crippen molar-refractivity contribution < 1.29 is 18.3 Å². The molecule has 0 spiro atoms. The van der Waals surface area contributed by atoms with Crippen molar-refractivity contribution in [3.8, 4) is 44.5 Å². The molecule has 8 nitrogen and oxygen atoms in total. The van der Waals surface area contributed by atoms with Gasteiger partial charge in [-0.3, -0.25) is 0 Å². The van der Waals surface area contributed by atoms with E-state index in [2.05, 4.69) is 161 Å². The summed E-state index contributed by atoms with van der Waals surface area (Å²) >= 11 is 0. The minimum absolute atomic E-state index is 0. The van der Waals surface area contributed by atoms with Gasteiger partial charge in [0, 0.05) is 92.9 Å². The van der Waals surface area contributed by atoms with E-state index in [9.17, 15) is 0 Å². The zero-order chi connectivity index (χ0) is 35.3. The van der Waals surface area contributed by atoms with Gasteiger partial charge in [0.05, 0.1) is 22.8 Å². The molecule has 7 aromatic heterocycles. The van der Waals surface area contributed by atoms with Crippen LogP contribution in [0, 0.1) is 0 Å². The minimum Gasteiger partial charge on any atom is -0.354 e. The summed E-state index contributed by atoms with van der Waals surface area (Å²) in [6.45, 7) is 0. The summed E-state index contributed by atoms with van der Waals surface area (Å²) in [7, 11) is 8.14. The zero-order valence-corrected chi connectivity index (χ0v) is 32.9. The predicted octanol–water partition coefficient (Wildman–Crippen LogP) is 6.24. The Labute approximate surface area is 324 Å². The van der Waals surface area contributed by atoms with Crippen molar-refractivity contribution in [3.63, 3.8) is 0 Å². The van der Waals surface area contributed by atoms with Crippen molar-refractivity contribution in [3.05, 3.63) is 145 Å². The Morgan fingerprint density at radius 2 is 0.585 bits per heavy atom. The van der Waals surface area contributed by atoms with Gasteiger partial charge >= 0.3 is 23.9 Å². The summed E-state index contributed by atoms with van der Waals surface area (Å²) in [5.74, 6) is 0. The van der Waals surface area contributed by atoms with Crippen molar-refractivity contribution in [1.29, 1.82) is 0 Å². The van der Waals surface area contributed by atoms with Gasteiger partial charge in [0.15, 0.2) is 49.6 Å². The molecule has 0 atom stereocenters. The zero-order valence-electron chi connectivity index (χ0n) is 30.0. The molecule has 8 bridgehead atoms. The molecular formula is C44H38N8Sn+8. The van der Waals surface area contributed by atoms with E-state index in [0.717, 1.165) is 89.4 Å². The third-order valence-corrected chi connectivity index (χ3v) is 9.82. The molecule has 7 aromatic rings. The molecule has 250 valence electrons. The van der Waals surface area contributed by atoms with Gasteiger partial charge in [-0.1, -0.05) is 0 Å². The van der Waals surface area contributed by atoms with E-state index in [1.54, 1.807) is 0 Å². The van der Waals surface area contributed by atoms with Crippen LogP contribution in [0.2, 0.25) is 0 Å². The molecule has 2 N–H and O–H groups in total. The van der Waals surface area contributed by atoms with Gasteiger partial charge in [-0.05, 0) is 70.8 Å². The number of hydrogen-bond donors (Lipinski definition) is 2. The van der Waals surface area contributed by atoms with Crippen LogP contribution in [0.25, 0.3) is 90.9 Å². The monoisotopic (exact) mass is 798 g/mol. The number of nitrogens with one attached hydrogen (secondary N) is 2. The third kappa shape index (κ3) is 6.40.